The van der Waals surface area contributed by atoms with Crippen LogP contribution in [-0.2, 0) is 0 Å². The number of rotatable bonds is 12. The highest BCUT2D eigenvalue weighted by Gasteiger charge is 2.12. The van der Waals surface area contributed by atoms with Gasteiger partial charge >= 0.3 is 0 Å². The Hall–Kier alpha value is -0.890. The normalized spacial score (nSPS) is 12.5. The first-order chi connectivity index (χ1) is 10.3. The van der Waals surface area contributed by atoms with Crippen LogP contribution >= 0.6 is 0 Å². The minimum absolute atomic E-state index is 0.476. The third-order valence-electron chi connectivity index (χ3n) is 4.22. The molecule has 120 valence electrons. The van der Waals surface area contributed by atoms with Crippen molar-refractivity contribution in [3.63, 3.8) is 0 Å². The van der Waals surface area contributed by atoms with Gasteiger partial charge in [-0.3, -0.25) is 4.98 Å². The molecule has 0 aromatic carbocycles. The quantitative estimate of drug-likeness (QED) is 0.509. The van der Waals surface area contributed by atoms with Crippen molar-refractivity contribution in [2.75, 3.05) is 6.54 Å². The Kier molecular flexibility index (Phi) is 10.1. The van der Waals surface area contributed by atoms with E-state index in [9.17, 15) is 0 Å². The molecule has 0 saturated carbocycles. The van der Waals surface area contributed by atoms with Crippen molar-refractivity contribution in [2.45, 2.75) is 84.6 Å². The summed E-state index contributed by atoms with van der Waals surface area (Å²) in [6.45, 7) is 7.61. The highest BCUT2D eigenvalue weighted by atomic mass is 14.9. The van der Waals surface area contributed by atoms with Gasteiger partial charge in [0.1, 0.15) is 0 Å². The predicted molar refractivity (Wildman–Crippen MR) is 92.6 cm³/mol. The van der Waals surface area contributed by atoms with Crippen molar-refractivity contribution in [3.8, 4) is 0 Å². The Balaban J connectivity index is 2.25. The molecule has 1 atom stereocenters. The molecule has 0 spiro atoms. The van der Waals surface area contributed by atoms with Crippen LogP contribution in [0.1, 0.15) is 88.9 Å². The van der Waals surface area contributed by atoms with Gasteiger partial charge in [-0.25, -0.2) is 0 Å². The van der Waals surface area contributed by atoms with E-state index in [1.807, 2.05) is 6.20 Å². The fourth-order valence-corrected chi connectivity index (χ4v) is 2.96. The van der Waals surface area contributed by atoms with Gasteiger partial charge in [-0.15, -0.1) is 0 Å². The van der Waals surface area contributed by atoms with Crippen molar-refractivity contribution >= 4 is 0 Å². The fourth-order valence-electron chi connectivity index (χ4n) is 2.96. The summed E-state index contributed by atoms with van der Waals surface area (Å²) >= 11 is 0. The lowest BCUT2D eigenvalue weighted by Gasteiger charge is -2.19. The van der Waals surface area contributed by atoms with Crippen LogP contribution in [0.25, 0.3) is 0 Å². The molecule has 0 saturated heterocycles. The first kappa shape index (κ1) is 18.2. The van der Waals surface area contributed by atoms with Gasteiger partial charge in [-0.1, -0.05) is 71.3 Å². The Morgan fingerprint density at radius 3 is 2.29 bits per heavy atom. The Morgan fingerprint density at radius 2 is 1.67 bits per heavy atom. The smallest absolute Gasteiger partial charge is 0.0420 e. The van der Waals surface area contributed by atoms with Crippen LogP contribution in [0.2, 0.25) is 0 Å². The molecule has 0 radical (unpaired) electrons. The third kappa shape index (κ3) is 7.61. The zero-order valence-corrected chi connectivity index (χ0v) is 14.3. The Labute approximate surface area is 131 Å². The van der Waals surface area contributed by atoms with E-state index in [4.69, 9.17) is 0 Å². The molecule has 1 aromatic rings. The standard InChI is InChI=1S/C19H34N2/c1-4-6-7-8-9-10-11-12-15-19(20-5-2)18-14-13-16-21-17(18)3/h13-14,16,19-20H,4-12,15H2,1-3H3. The number of aromatic nitrogens is 1. The zero-order valence-electron chi connectivity index (χ0n) is 14.3. The van der Waals surface area contributed by atoms with Crippen LogP contribution in [0.3, 0.4) is 0 Å². The first-order valence-electron chi connectivity index (χ1n) is 8.94. The highest BCUT2D eigenvalue weighted by Crippen LogP contribution is 2.22. The molecule has 0 bridgehead atoms. The van der Waals surface area contributed by atoms with Gasteiger partial charge in [0.25, 0.3) is 0 Å². The van der Waals surface area contributed by atoms with Gasteiger partial charge in [0.2, 0.25) is 0 Å². The molecule has 2 nitrogen and oxygen atoms in total. The summed E-state index contributed by atoms with van der Waals surface area (Å²) in [5.74, 6) is 0. The second-order valence-corrected chi connectivity index (χ2v) is 6.05. The number of aryl methyl sites for hydroxylation is 1. The zero-order chi connectivity index (χ0) is 15.3. The van der Waals surface area contributed by atoms with Crippen molar-refractivity contribution in [1.82, 2.24) is 10.3 Å². The lowest BCUT2D eigenvalue weighted by Crippen LogP contribution is -2.22. The summed E-state index contributed by atoms with van der Waals surface area (Å²) in [6, 6.07) is 4.75. The lowest BCUT2D eigenvalue weighted by molar-refractivity contribution is 0.472. The average Bonchev–Trinajstić information content (AvgIpc) is 2.49. The molecule has 1 heterocycles. The third-order valence-corrected chi connectivity index (χ3v) is 4.22. The Morgan fingerprint density at radius 1 is 1.00 bits per heavy atom. The van der Waals surface area contributed by atoms with Crippen LogP contribution in [0.5, 0.6) is 0 Å². The number of hydrogen-bond donors (Lipinski definition) is 1. The second kappa shape index (κ2) is 11.7. The number of nitrogens with one attached hydrogen (secondary N) is 1. The van der Waals surface area contributed by atoms with E-state index < -0.39 is 0 Å². The number of nitrogens with zero attached hydrogens (tertiary/aromatic N) is 1. The highest BCUT2D eigenvalue weighted by molar-refractivity contribution is 5.22. The van der Waals surface area contributed by atoms with Crippen LogP contribution in [0.15, 0.2) is 18.3 Å². The molecule has 1 rings (SSSR count). The largest absolute Gasteiger partial charge is 0.310 e. The molecule has 1 aromatic heterocycles. The molecule has 0 fully saturated rings. The van der Waals surface area contributed by atoms with Crippen molar-refractivity contribution in [1.29, 1.82) is 0 Å². The minimum Gasteiger partial charge on any atom is -0.310 e. The van der Waals surface area contributed by atoms with Crippen LogP contribution in [0, 0.1) is 6.92 Å². The molecule has 21 heavy (non-hydrogen) atoms. The monoisotopic (exact) mass is 290 g/mol. The van der Waals surface area contributed by atoms with E-state index >= 15 is 0 Å². The summed E-state index contributed by atoms with van der Waals surface area (Å²) in [6.07, 6.45) is 14.2. The maximum Gasteiger partial charge on any atom is 0.0420 e. The van der Waals surface area contributed by atoms with Crippen LogP contribution in [0.4, 0.5) is 0 Å². The number of unbranched alkanes of at least 4 members (excludes halogenated alkanes) is 7. The number of hydrogen-bond acceptors (Lipinski definition) is 2. The molecular weight excluding hydrogens is 256 g/mol. The number of pyridine rings is 1. The van der Waals surface area contributed by atoms with Gasteiger partial charge in [0, 0.05) is 17.9 Å². The van der Waals surface area contributed by atoms with Gasteiger partial charge in [0.15, 0.2) is 0 Å². The first-order valence-corrected chi connectivity index (χ1v) is 8.94. The SMILES string of the molecule is CCCCCCCCCCC(NCC)c1cccnc1C. The Bertz CT molecular complexity index is 362. The predicted octanol–water partition coefficient (Wildman–Crippen LogP) is 5.57. The minimum atomic E-state index is 0.476. The maximum absolute atomic E-state index is 4.43. The topological polar surface area (TPSA) is 24.9 Å². The second-order valence-electron chi connectivity index (χ2n) is 6.05. The van der Waals surface area contributed by atoms with Crippen molar-refractivity contribution in [2.24, 2.45) is 0 Å². The van der Waals surface area contributed by atoms with E-state index in [-0.39, 0.29) is 0 Å². The summed E-state index contributed by atoms with van der Waals surface area (Å²) in [7, 11) is 0. The van der Waals surface area contributed by atoms with E-state index in [0.29, 0.717) is 6.04 Å². The molecular formula is C19H34N2. The van der Waals surface area contributed by atoms with Gasteiger partial charge in [-0.05, 0) is 31.5 Å². The summed E-state index contributed by atoms with van der Waals surface area (Å²) in [5.41, 5.74) is 2.55. The molecule has 0 aliphatic carbocycles. The van der Waals surface area contributed by atoms with Gasteiger partial charge < -0.3 is 5.32 Å². The fraction of sp³-hybridized carbons (Fsp3) is 0.737. The van der Waals surface area contributed by atoms with E-state index in [1.54, 1.807) is 0 Å². The van der Waals surface area contributed by atoms with E-state index in [2.05, 4.69) is 43.2 Å². The maximum atomic E-state index is 4.43. The summed E-state index contributed by atoms with van der Waals surface area (Å²) in [5, 5.41) is 3.62. The van der Waals surface area contributed by atoms with Gasteiger partial charge in [0.05, 0.1) is 0 Å². The molecule has 0 amide bonds. The molecule has 0 aliphatic rings. The molecule has 1 N–H and O–H groups in total. The average molecular weight is 290 g/mol. The van der Waals surface area contributed by atoms with E-state index in [1.165, 1.54) is 69.0 Å². The van der Waals surface area contributed by atoms with Crippen molar-refractivity contribution in [3.05, 3.63) is 29.6 Å². The van der Waals surface area contributed by atoms with Crippen molar-refractivity contribution < 1.29 is 0 Å². The van der Waals surface area contributed by atoms with Crippen LogP contribution < -0.4 is 5.32 Å². The summed E-state index contributed by atoms with van der Waals surface area (Å²) < 4.78 is 0. The lowest BCUT2D eigenvalue weighted by atomic mass is 9.98. The molecule has 0 aliphatic heterocycles. The summed E-state index contributed by atoms with van der Waals surface area (Å²) in [4.78, 5) is 4.43. The molecule has 1 unspecified atom stereocenters. The van der Waals surface area contributed by atoms with E-state index in [0.717, 1.165) is 6.54 Å². The van der Waals surface area contributed by atoms with Crippen LogP contribution in [-0.4, -0.2) is 11.5 Å². The molecule has 2 heteroatoms. The van der Waals surface area contributed by atoms with Gasteiger partial charge in [-0.2, -0.15) is 0 Å².